The molecule has 1 aliphatic carbocycles. The van der Waals surface area contributed by atoms with Gasteiger partial charge in [-0.25, -0.2) is 4.21 Å². The van der Waals surface area contributed by atoms with Crippen LogP contribution in [0.2, 0.25) is 0 Å². The van der Waals surface area contributed by atoms with Gasteiger partial charge in [-0.15, -0.1) is 0 Å². The minimum absolute atomic E-state index is 0.254. The fourth-order valence-electron chi connectivity index (χ4n) is 1.65. The van der Waals surface area contributed by atoms with Gasteiger partial charge in [0.1, 0.15) is 11.0 Å². The minimum atomic E-state index is -1.07. The van der Waals surface area contributed by atoms with Gasteiger partial charge in [0, 0.05) is 10.0 Å². The summed E-state index contributed by atoms with van der Waals surface area (Å²) in [6.45, 7) is 5.90. The first-order valence-electron chi connectivity index (χ1n) is 5.55. The third-order valence-electron chi connectivity index (χ3n) is 2.65. The lowest BCUT2D eigenvalue weighted by Gasteiger charge is -2.19. The zero-order valence-electron chi connectivity index (χ0n) is 10.2. The van der Waals surface area contributed by atoms with Crippen molar-refractivity contribution in [1.82, 2.24) is 4.72 Å². The molecule has 0 spiro atoms. The smallest absolute Gasteiger partial charge is 0.122 e. The summed E-state index contributed by atoms with van der Waals surface area (Å²) < 4.78 is 16.0. The van der Waals surface area contributed by atoms with Crippen LogP contribution >= 0.6 is 15.9 Å². The lowest BCUT2D eigenvalue weighted by Crippen LogP contribution is -2.32. The maximum atomic E-state index is 12.1. The fraction of sp³-hybridized carbons (Fsp3) is 0.385. The van der Waals surface area contributed by atoms with Gasteiger partial charge in [0.2, 0.25) is 0 Å². The third-order valence-corrected chi connectivity index (χ3v) is 4.66. The molecular formula is C13H16BrNOS. The van der Waals surface area contributed by atoms with Crippen molar-refractivity contribution < 1.29 is 4.21 Å². The van der Waals surface area contributed by atoms with Crippen LogP contribution in [0.15, 0.2) is 28.7 Å². The molecule has 1 aromatic carbocycles. The molecule has 0 aromatic heterocycles. The second-order valence-electron chi connectivity index (χ2n) is 5.11. The van der Waals surface area contributed by atoms with Crippen molar-refractivity contribution in [3.05, 3.63) is 39.9 Å². The van der Waals surface area contributed by atoms with Crippen LogP contribution in [0, 0.1) is 0 Å². The van der Waals surface area contributed by atoms with Crippen LogP contribution in [-0.4, -0.2) is 8.96 Å². The van der Waals surface area contributed by atoms with Gasteiger partial charge < -0.3 is 4.72 Å². The van der Waals surface area contributed by atoms with Gasteiger partial charge in [0.15, 0.2) is 0 Å². The molecule has 92 valence electrons. The molecule has 4 heteroatoms. The monoisotopic (exact) mass is 313 g/mol. The van der Waals surface area contributed by atoms with Crippen LogP contribution in [-0.2, 0) is 17.4 Å². The van der Waals surface area contributed by atoms with Crippen LogP contribution in [0.5, 0.6) is 0 Å². The van der Waals surface area contributed by atoms with Gasteiger partial charge in [-0.3, -0.25) is 0 Å². The van der Waals surface area contributed by atoms with Crippen molar-refractivity contribution in [2.75, 3.05) is 0 Å². The average molecular weight is 314 g/mol. The molecule has 0 fully saturated rings. The highest BCUT2D eigenvalue weighted by Gasteiger charge is 2.23. The summed E-state index contributed by atoms with van der Waals surface area (Å²) in [7, 11) is -1.07. The van der Waals surface area contributed by atoms with E-state index < -0.39 is 11.0 Å². The quantitative estimate of drug-likeness (QED) is 0.891. The van der Waals surface area contributed by atoms with Crippen LogP contribution in [0.4, 0.5) is 0 Å². The summed E-state index contributed by atoms with van der Waals surface area (Å²) in [5.74, 6) is 0. The summed E-state index contributed by atoms with van der Waals surface area (Å²) in [6.07, 6.45) is 3.01. The van der Waals surface area contributed by atoms with Crippen molar-refractivity contribution >= 4 is 32.6 Å². The summed E-state index contributed by atoms with van der Waals surface area (Å²) in [5.41, 5.74) is 3.41. The molecule has 17 heavy (non-hydrogen) atoms. The highest BCUT2D eigenvalue weighted by Crippen LogP contribution is 2.29. The number of fused-ring (bicyclic) bond motifs is 1. The lowest BCUT2D eigenvalue weighted by atomic mass is 10.1. The van der Waals surface area contributed by atoms with Crippen molar-refractivity contribution in [1.29, 1.82) is 0 Å². The molecule has 0 saturated heterocycles. The van der Waals surface area contributed by atoms with Gasteiger partial charge in [0.25, 0.3) is 0 Å². The van der Waals surface area contributed by atoms with E-state index in [9.17, 15) is 4.21 Å². The molecule has 1 aromatic rings. The Labute approximate surface area is 113 Å². The maximum Gasteiger partial charge on any atom is 0.122 e. The third kappa shape index (κ3) is 2.80. The van der Waals surface area contributed by atoms with Crippen LogP contribution in [0.1, 0.15) is 31.9 Å². The van der Waals surface area contributed by atoms with E-state index in [0.717, 1.165) is 22.2 Å². The first-order chi connectivity index (χ1) is 7.88. The van der Waals surface area contributed by atoms with E-state index in [1.807, 2.05) is 26.8 Å². The molecule has 1 N–H and O–H groups in total. The van der Waals surface area contributed by atoms with E-state index in [4.69, 9.17) is 0 Å². The second-order valence-corrected chi connectivity index (χ2v) is 7.99. The number of benzene rings is 1. The summed E-state index contributed by atoms with van der Waals surface area (Å²) >= 11 is 3.47. The number of rotatable bonds is 2. The Morgan fingerprint density at radius 3 is 2.71 bits per heavy atom. The molecule has 0 bridgehead atoms. The van der Waals surface area contributed by atoms with Crippen molar-refractivity contribution in [3.63, 3.8) is 0 Å². The highest BCUT2D eigenvalue weighted by atomic mass is 79.9. The molecular weight excluding hydrogens is 298 g/mol. The predicted octanol–water partition coefficient (Wildman–Crippen LogP) is 3.40. The van der Waals surface area contributed by atoms with Crippen molar-refractivity contribution in [3.8, 4) is 0 Å². The number of nitrogens with one attached hydrogen (secondary N) is 1. The molecule has 0 heterocycles. The Balaban J connectivity index is 2.23. The van der Waals surface area contributed by atoms with Gasteiger partial charge in [-0.05, 0) is 44.9 Å². The number of halogens is 1. The van der Waals surface area contributed by atoms with Crippen LogP contribution < -0.4 is 4.72 Å². The molecule has 0 amide bonds. The van der Waals surface area contributed by atoms with Gasteiger partial charge in [-0.2, -0.15) is 0 Å². The molecule has 0 radical (unpaired) electrons. The van der Waals surface area contributed by atoms with E-state index in [1.54, 1.807) is 0 Å². The largest absolute Gasteiger partial charge is 0.304 e. The van der Waals surface area contributed by atoms with E-state index in [0.29, 0.717) is 0 Å². The summed E-state index contributed by atoms with van der Waals surface area (Å²) in [4.78, 5) is 0. The first-order valence-corrected chi connectivity index (χ1v) is 7.50. The summed E-state index contributed by atoms with van der Waals surface area (Å²) in [6, 6.07) is 6.21. The SMILES string of the molecule is CC(C)(C)S(=O)NC1=CCc2ccc(Br)cc21. The number of allylic oxidation sites excluding steroid dienone is 1. The Morgan fingerprint density at radius 1 is 1.35 bits per heavy atom. The number of hydrogen-bond acceptors (Lipinski definition) is 1. The zero-order chi connectivity index (χ0) is 12.6. The average Bonchev–Trinajstić information content (AvgIpc) is 2.60. The van der Waals surface area contributed by atoms with Crippen molar-refractivity contribution in [2.24, 2.45) is 0 Å². The van der Waals surface area contributed by atoms with Gasteiger partial charge in [0.05, 0.1) is 10.4 Å². The molecule has 1 atom stereocenters. The fourth-order valence-corrected chi connectivity index (χ4v) is 2.71. The Morgan fingerprint density at radius 2 is 2.06 bits per heavy atom. The Bertz CT molecular complexity index is 503. The van der Waals surface area contributed by atoms with E-state index >= 15 is 0 Å². The highest BCUT2D eigenvalue weighted by molar-refractivity contribution is 9.10. The molecule has 0 aliphatic heterocycles. The standard InChI is InChI=1S/C13H16BrNOS/c1-13(2,3)17(16)15-12-7-5-9-4-6-10(14)8-11(9)12/h4,6-8,15H,5H2,1-3H3. The molecule has 2 nitrogen and oxygen atoms in total. The Kier molecular flexibility index (Phi) is 3.46. The zero-order valence-corrected chi connectivity index (χ0v) is 12.6. The van der Waals surface area contributed by atoms with Crippen LogP contribution in [0.25, 0.3) is 5.70 Å². The second kappa shape index (κ2) is 4.58. The predicted molar refractivity (Wildman–Crippen MR) is 76.9 cm³/mol. The molecule has 2 rings (SSSR count). The lowest BCUT2D eigenvalue weighted by molar-refractivity contribution is 0.645. The normalized spacial score (nSPS) is 16.4. The minimum Gasteiger partial charge on any atom is -0.304 e. The van der Waals surface area contributed by atoms with E-state index in [-0.39, 0.29) is 4.75 Å². The topological polar surface area (TPSA) is 29.1 Å². The molecule has 1 aliphatic rings. The van der Waals surface area contributed by atoms with E-state index in [1.165, 1.54) is 5.56 Å². The van der Waals surface area contributed by atoms with Gasteiger partial charge in [-0.1, -0.05) is 28.1 Å². The number of hydrogen-bond donors (Lipinski definition) is 1. The summed E-state index contributed by atoms with van der Waals surface area (Å²) in [5, 5.41) is 0. The van der Waals surface area contributed by atoms with Crippen molar-refractivity contribution in [2.45, 2.75) is 31.9 Å². The molecule has 0 saturated carbocycles. The Hall–Kier alpha value is -0.610. The first kappa shape index (κ1) is 12.8. The molecule has 1 unspecified atom stereocenters. The van der Waals surface area contributed by atoms with Crippen LogP contribution in [0.3, 0.4) is 0 Å². The van der Waals surface area contributed by atoms with E-state index in [2.05, 4.69) is 38.9 Å². The van der Waals surface area contributed by atoms with Gasteiger partial charge >= 0.3 is 0 Å². The maximum absolute atomic E-state index is 12.1.